The molecule has 1 atom stereocenters. The van der Waals surface area contributed by atoms with Gasteiger partial charge in [-0.15, -0.1) is 0 Å². The molecule has 1 aromatic rings. The lowest BCUT2D eigenvalue weighted by atomic mass is 9.84. The van der Waals surface area contributed by atoms with Crippen molar-refractivity contribution in [1.82, 2.24) is 5.43 Å². The minimum absolute atomic E-state index is 0.222. The fraction of sp³-hybridized carbons (Fsp3) is 0.471. The molecule has 0 radical (unpaired) electrons. The van der Waals surface area contributed by atoms with Crippen LogP contribution in [0.15, 0.2) is 29.4 Å². The Hall–Kier alpha value is -2.35. The number of hydrazone groups is 1. The van der Waals surface area contributed by atoms with Crippen LogP contribution < -0.4 is 10.2 Å². The molecule has 1 aliphatic carbocycles. The van der Waals surface area contributed by atoms with Crippen molar-refractivity contribution in [3.05, 3.63) is 29.8 Å². The van der Waals surface area contributed by atoms with Crippen molar-refractivity contribution in [3.8, 4) is 11.8 Å². The number of carbonyl (C=O) groups is 1. The topological polar surface area (TPSA) is 74.5 Å². The van der Waals surface area contributed by atoms with Crippen molar-refractivity contribution in [3.63, 3.8) is 0 Å². The second-order valence-electron chi connectivity index (χ2n) is 5.41. The van der Waals surface area contributed by atoms with Gasteiger partial charge in [-0.05, 0) is 49.9 Å². The molecule has 0 heterocycles. The number of hydrogen-bond acceptors (Lipinski definition) is 4. The highest BCUT2D eigenvalue weighted by Crippen LogP contribution is 2.25. The fourth-order valence-corrected chi connectivity index (χ4v) is 2.69. The molecule has 0 aromatic heterocycles. The SMILES string of the molecule is COc1ccc(C(=O)NN=C2CCCCC2CCC#N)cc1. The summed E-state index contributed by atoms with van der Waals surface area (Å²) in [5.41, 5.74) is 4.21. The zero-order valence-corrected chi connectivity index (χ0v) is 12.8. The van der Waals surface area contributed by atoms with Gasteiger partial charge in [0.2, 0.25) is 0 Å². The van der Waals surface area contributed by atoms with Crippen LogP contribution >= 0.6 is 0 Å². The summed E-state index contributed by atoms with van der Waals surface area (Å²) in [6.45, 7) is 0. The number of methoxy groups -OCH3 is 1. The molecule has 2 rings (SSSR count). The lowest BCUT2D eigenvalue weighted by molar-refractivity contribution is 0.0954. The molecule has 0 saturated heterocycles. The first-order chi connectivity index (χ1) is 10.7. The van der Waals surface area contributed by atoms with Crippen LogP contribution in [0, 0.1) is 17.2 Å². The maximum atomic E-state index is 12.1. The van der Waals surface area contributed by atoms with E-state index in [1.807, 2.05) is 0 Å². The first kappa shape index (κ1) is 16.0. The van der Waals surface area contributed by atoms with Gasteiger partial charge in [-0.25, -0.2) is 5.43 Å². The van der Waals surface area contributed by atoms with Gasteiger partial charge in [0, 0.05) is 23.6 Å². The van der Waals surface area contributed by atoms with Crippen LogP contribution in [0.2, 0.25) is 0 Å². The molecule has 1 aliphatic rings. The second-order valence-corrected chi connectivity index (χ2v) is 5.41. The van der Waals surface area contributed by atoms with Crippen LogP contribution in [0.25, 0.3) is 0 Å². The summed E-state index contributed by atoms with van der Waals surface area (Å²) in [5, 5.41) is 13.0. The predicted octanol–water partition coefficient (Wildman–Crippen LogP) is 3.27. The standard InChI is InChI=1S/C17H21N3O2/c1-22-15-10-8-14(9-11-15)17(21)20-19-16-7-3-2-5-13(16)6-4-12-18/h8-11,13H,2-7H2,1H3,(H,20,21). The molecule has 116 valence electrons. The van der Waals surface area contributed by atoms with E-state index in [1.165, 1.54) is 6.42 Å². The molecule has 1 fully saturated rings. The fourth-order valence-electron chi connectivity index (χ4n) is 2.69. The maximum Gasteiger partial charge on any atom is 0.271 e. The Morgan fingerprint density at radius 3 is 2.86 bits per heavy atom. The number of rotatable bonds is 5. The van der Waals surface area contributed by atoms with Crippen molar-refractivity contribution < 1.29 is 9.53 Å². The van der Waals surface area contributed by atoms with E-state index >= 15 is 0 Å². The number of amides is 1. The number of carbonyl (C=O) groups excluding carboxylic acids is 1. The van der Waals surface area contributed by atoms with Crippen LogP contribution in [-0.2, 0) is 0 Å². The highest BCUT2D eigenvalue weighted by Gasteiger charge is 2.20. The minimum Gasteiger partial charge on any atom is -0.497 e. The Morgan fingerprint density at radius 1 is 1.41 bits per heavy atom. The average Bonchev–Trinajstić information content (AvgIpc) is 2.58. The molecule has 5 nitrogen and oxygen atoms in total. The van der Waals surface area contributed by atoms with Crippen LogP contribution in [0.1, 0.15) is 48.9 Å². The molecule has 0 aliphatic heterocycles. The molecular weight excluding hydrogens is 278 g/mol. The Bertz CT molecular complexity index is 573. The van der Waals surface area contributed by atoms with Gasteiger partial charge in [-0.2, -0.15) is 10.4 Å². The molecule has 1 N–H and O–H groups in total. The third kappa shape index (κ3) is 4.32. The number of ether oxygens (including phenoxy) is 1. The average molecular weight is 299 g/mol. The number of nitrogens with zero attached hydrogens (tertiary/aromatic N) is 2. The van der Waals surface area contributed by atoms with E-state index in [4.69, 9.17) is 10.00 Å². The van der Waals surface area contributed by atoms with Gasteiger partial charge in [0.25, 0.3) is 5.91 Å². The van der Waals surface area contributed by atoms with Crippen LogP contribution in [0.3, 0.4) is 0 Å². The molecule has 1 unspecified atom stereocenters. The molecule has 0 bridgehead atoms. The summed E-state index contributed by atoms with van der Waals surface area (Å²) in [4.78, 5) is 12.1. The van der Waals surface area contributed by atoms with Crippen molar-refractivity contribution in [2.24, 2.45) is 11.0 Å². The normalized spacial score (nSPS) is 19.5. The van der Waals surface area contributed by atoms with Gasteiger partial charge < -0.3 is 4.74 Å². The first-order valence-corrected chi connectivity index (χ1v) is 7.62. The van der Waals surface area contributed by atoms with E-state index < -0.39 is 0 Å². The molecular formula is C17H21N3O2. The highest BCUT2D eigenvalue weighted by molar-refractivity contribution is 5.96. The Kier molecular flexibility index (Phi) is 5.96. The van der Waals surface area contributed by atoms with Crippen molar-refractivity contribution >= 4 is 11.6 Å². The number of benzene rings is 1. The van der Waals surface area contributed by atoms with Gasteiger partial charge in [0.1, 0.15) is 5.75 Å². The third-order valence-electron chi connectivity index (χ3n) is 3.96. The Morgan fingerprint density at radius 2 is 2.18 bits per heavy atom. The van der Waals surface area contributed by atoms with E-state index in [9.17, 15) is 4.79 Å². The summed E-state index contributed by atoms with van der Waals surface area (Å²) in [7, 11) is 1.59. The molecule has 22 heavy (non-hydrogen) atoms. The van der Waals surface area contributed by atoms with Gasteiger partial charge in [0.05, 0.1) is 13.2 Å². The van der Waals surface area contributed by atoms with Crippen LogP contribution in [0.5, 0.6) is 5.75 Å². The first-order valence-electron chi connectivity index (χ1n) is 7.62. The number of nitrogens with one attached hydrogen (secondary N) is 1. The Labute approximate surface area is 131 Å². The van der Waals surface area contributed by atoms with E-state index in [0.717, 1.165) is 31.4 Å². The highest BCUT2D eigenvalue weighted by atomic mass is 16.5. The quantitative estimate of drug-likeness (QED) is 0.848. The molecule has 0 spiro atoms. The summed E-state index contributed by atoms with van der Waals surface area (Å²) in [6, 6.07) is 9.10. The minimum atomic E-state index is -0.222. The van der Waals surface area contributed by atoms with Crippen molar-refractivity contribution in [2.75, 3.05) is 7.11 Å². The van der Waals surface area contributed by atoms with Crippen molar-refractivity contribution in [1.29, 1.82) is 5.26 Å². The van der Waals surface area contributed by atoms with E-state index in [2.05, 4.69) is 16.6 Å². The molecule has 1 aromatic carbocycles. The van der Waals surface area contributed by atoms with Gasteiger partial charge in [-0.1, -0.05) is 6.42 Å². The third-order valence-corrected chi connectivity index (χ3v) is 3.96. The van der Waals surface area contributed by atoms with Gasteiger partial charge in [-0.3, -0.25) is 4.79 Å². The van der Waals surface area contributed by atoms with E-state index in [0.29, 0.717) is 23.7 Å². The molecule has 5 heteroatoms. The zero-order valence-electron chi connectivity index (χ0n) is 12.8. The lowest BCUT2D eigenvalue weighted by Gasteiger charge is -2.23. The van der Waals surface area contributed by atoms with Crippen LogP contribution in [-0.4, -0.2) is 18.7 Å². The van der Waals surface area contributed by atoms with E-state index in [1.54, 1.807) is 31.4 Å². The largest absolute Gasteiger partial charge is 0.497 e. The summed E-state index contributed by atoms with van der Waals surface area (Å²) in [5.74, 6) is 0.816. The zero-order chi connectivity index (χ0) is 15.8. The smallest absolute Gasteiger partial charge is 0.271 e. The Balaban J connectivity index is 1.98. The number of nitriles is 1. The second kappa shape index (κ2) is 8.18. The van der Waals surface area contributed by atoms with Gasteiger partial charge in [0.15, 0.2) is 0 Å². The summed E-state index contributed by atoms with van der Waals surface area (Å²) in [6.07, 6.45) is 5.59. The van der Waals surface area contributed by atoms with E-state index in [-0.39, 0.29) is 5.91 Å². The number of hydrogen-bond donors (Lipinski definition) is 1. The van der Waals surface area contributed by atoms with Crippen LogP contribution in [0.4, 0.5) is 0 Å². The van der Waals surface area contributed by atoms with Crippen molar-refractivity contribution in [2.45, 2.75) is 38.5 Å². The monoisotopic (exact) mass is 299 g/mol. The summed E-state index contributed by atoms with van der Waals surface area (Å²) >= 11 is 0. The predicted molar refractivity (Wildman–Crippen MR) is 84.7 cm³/mol. The maximum absolute atomic E-state index is 12.1. The lowest BCUT2D eigenvalue weighted by Crippen LogP contribution is -2.25. The molecule has 1 saturated carbocycles. The molecule has 1 amide bonds. The summed E-state index contributed by atoms with van der Waals surface area (Å²) < 4.78 is 5.07. The van der Waals surface area contributed by atoms with Gasteiger partial charge >= 0.3 is 0 Å².